The lowest BCUT2D eigenvalue weighted by Gasteiger charge is -2.12. The maximum absolute atomic E-state index is 11.2. The van der Waals surface area contributed by atoms with Gasteiger partial charge in [0.05, 0.1) is 0 Å². The Bertz CT molecular complexity index is 635. The molecule has 0 radical (unpaired) electrons. The first kappa shape index (κ1) is 15.4. The van der Waals surface area contributed by atoms with Gasteiger partial charge in [-0.25, -0.2) is 4.79 Å². The summed E-state index contributed by atoms with van der Waals surface area (Å²) in [6, 6.07) is 12.3. The summed E-state index contributed by atoms with van der Waals surface area (Å²) in [7, 11) is 0. The standard InChI is InChI=1S/C17H17ClO3/c1-3-11(2)12-4-7-14(8-5-12)21-16-9-6-13(18)10-15(16)17(19)20/h4-11H,3H2,1-2H3,(H,19,20). The van der Waals surface area contributed by atoms with Gasteiger partial charge in [-0.15, -0.1) is 0 Å². The van der Waals surface area contributed by atoms with E-state index in [2.05, 4.69) is 13.8 Å². The predicted molar refractivity (Wildman–Crippen MR) is 83.6 cm³/mol. The number of ether oxygens (including phenoxy) is 1. The SMILES string of the molecule is CCC(C)c1ccc(Oc2ccc(Cl)cc2C(=O)O)cc1. The van der Waals surface area contributed by atoms with Crippen LogP contribution in [0.3, 0.4) is 0 Å². The Balaban J connectivity index is 2.24. The number of carbonyl (C=O) groups is 1. The van der Waals surface area contributed by atoms with Gasteiger partial charge in [-0.05, 0) is 48.2 Å². The van der Waals surface area contributed by atoms with Gasteiger partial charge in [0.2, 0.25) is 0 Å². The summed E-state index contributed by atoms with van der Waals surface area (Å²) >= 11 is 5.82. The van der Waals surface area contributed by atoms with Crippen molar-refractivity contribution in [1.29, 1.82) is 0 Å². The lowest BCUT2D eigenvalue weighted by Crippen LogP contribution is -2.00. The molecule has 0 saturated carbocycles. The molecule has 2 aromatic rings. The van der Waals surface area contributed by atoms with Crippen molar-refractivity contribution in [2.24, 2.45) is 0 Å². The number of halogens is 1. The molecular weight excluding hydrogens is 288 g/mol. The second-order valence-electron chi connectivity index (χ2n) is 4.93. The van der Waals surface area contributed by atoms with E-state index in [4.69, 9.17) is 16.3 Å². The fourth-order valence-corrected chi connectivity index (χ4v) is 2.16. The monoisotopic (exact) mass is 304 g/mol. The minimum absolute atomic E-state index is 0.0495. The third-order valence-electron chi connectivity index (χ3n) is 3.46. The van der Waals surface area contributed by atoms with Gasteiger partial charge in [0, 0.05) is 5.02 Å². The highest BCUT2D eigenvalue weighted by atomic mass is 35.5. The average Bonchev–Trinajstić information content (AvgIpc) is 2.49. The van der Waals surface area contributed by atoms with E-state index in [9.17, 15) is 9.90 Å². The molecule has 1 N–H and O–H groups in total. The van der Waals surface area contributed by atoms with Crippen molar-refractivity contribution in [3.05, 3.63) is 58.6 Å². The van der Waals surface area contributed by atoms with Crippen molar-refractivity contribution in [3.8, 4) is 11.5 Å². The van der Waals surface area contributed by atoms with Crippen molar-refractivity contribution in [2.75, 3.05) is 0 Å². The molecule has 1 atom stereocenters. The molecule has 0 saturated heterocycles. The first-order valence-electron chi connectivity index (χ1n) is 6.82. The van der Waals surface area contributed by atoms with Crippen LogP contribution in [0.1, 0.15) is 42.1 Å². The highest BCUT2D eigenvalue weighted by Gasteiger charge is 2.13. The van der Waals surface area contributed by atoms with Gasteiger partial charge in [-0.1, -0.05) is 37.6 Å². The highest BCUT2D eigenvalue weighted by Crippen LogP contribution is 2.29. The van der Waals surface area contributed by atoms with Crippen molar-refractivity contribution >= 4 is 17.6 Å². The van der Waals surface area contributed by atoms with E-state index in [0.717, 1.165) is 6.42 Å². The number of aromatic carboxylic acids is 1. The fourth-order valence-electron chi connectivity index (χ4n) is 1.99. The van der Waals surface area contributed by atoms with E-state index < -0.39 is 5.97 Å². The van der Waals surface area contributed by atoms with Gasteiger partial charge in [-0.2, -0.15) is 0 Å². The third-order valence-corrected chi connectivity index (χ3v) is 3.70. The topological polar surface area (TPSA) is 46.5 Å². The molecule has 0 fully saturated rings. The molecule has 0 heterocycles. The van der Waals surface area contributed by atoms with Gasteiger partial charge >= 0.3 is 5.97 Å². The van der Waals surface area contributed by atoms with E-state index in [0.29, 0.717) is 16.7 Å². The normalized spacial score (nSPS) is 12.0. The Morgan fingerprint density at radius 3 is 2.48 bits per heavy atom. The van der Waals surface area contributed by atoms with Crippen molar-refractivity contribution in [1.82, 2.24) is 0 Å². The van der Waals surface area contributed by atoms with Crippen LogP contribution >= 0.6 is 11.6 Å². The zero-order chi connectivity index (χ0) is 15.4. The molecule has 1 unspecified atom stereocenters. The first-order chi connectivity index (χ1) is 10.0. The van der Waals surface area contributed by atoms with Crippen LogP contribution < -0.4 is 4.74 Å². The second kappa shape index (κ2) is 6.64. The molecule has 0 bridgehead atoms. The number of hydrogen-bond donors (Lipinski definition) is 1. The quantitative estimate of drug-likeness (QED) is 0.810. The highest BCUT2D eigenvalue weighted by molar-refractivity contribution is 6.31. The van der Waals surface area contributed by atoms with Gasteiger partial charge < -0.3 is 9.84 Å². The van der Waals surface area contributed by atoms with E-state index in [1.807, 2.05) is 24.3 Å². The van der Waals surface area contributed by atoms with Crippen LogP contribution in [0.15, 0.2) is 42.5 Å². The van der Waals surface area contributed by atoms with Gasteiger partial charge in [-0.3, -0.25) is 0 Å². The molecule has 110 valence electrons. The largest absolute Gasteiger partial charge is 0.478 e. The van der Waals surface area contributed by atoms with Crippen LogP contribution in [-0.4, -0.2) is 11.1 Å². The molecule has 0 aromatic heterocycles. The van der Waals surface area contributed by atoms with Crippen LogP contribution in [0.2, 0.25) is 5.02 Å². The summed E-state index contributed by atoms with van der Waals surface area (Å²) in [6.07, 6.45) is 1.07. The van der Waals surface area contributed by atoms with E-state index in [-0.39, 0.29) is 11.3 Å². The number of benzene rings is 2. The molecule has 3 nitrogen and oxygen atoms in total. The smallest absolute Gasteiger partial charge is 0.339 e. The van der Waals surface area contributed by atoms with Crippen molar-refractivity contribution < 1.29 is 14.6 Å². The summed E-state index contributed by atoms with van der Waals surface area (Å²) in [4.78, 5) is 11.2. The molecule has 0 spiro atoms. The fraction of sp³-hybridized carbons (Fsp3) is 0.235. The van der Waals surface area contributed by atoms with Crippen molar-refractivity contribution in [3.63, 3.8) is 0 Å². The molecule has 0 amide bonds. The average molecular weight is 305 g/mol. The molecule has 4 heteroatoms. The van der Waals surface area contributed by atoms with Crippen LogP contribution in [0, 0.1) is 0 Å². The summed E-state index contributed by atoms with van der Waals surface area (Å²) in [5.41, 5.74) is 1.29. The van der Waals surface area contributed by atoms with Crippen LogP contribution in [0.4, 0.5) is 0 Å². The van der Waals surface area contributed by atoms with Crippen LogP contribution in [0.5, 0.6) is 11.5 Å². The van der Waals surface area contributed by atoms with E-state index in [1.165, 1.54) is 11.6 Å². The molecular formula is C17H17ClO3. The number of hydrogen-bond acceptors (Lipinski definition) is 2. The van der Waals surface area contributed by atoms with Gasteiger partial charge in [0.15, 0.2) is 0 Å². The minimum atomic E-state index is -1.07. The zero-order valence-corrected chi connectivity index (χ0v) is 12.7. The Hall–Kier alpha value is -2.00. The summed E-state index contributed by atoms with van der Waals surface area (Å²) in [5, 5.41) is 9.55. The Kier molecular flexibility index (Phi) is 4.86. The van der Waals surface area contributed by atoms with Gasteiger partial charge in [0.1, 0.15) is 17.1 Å². The molecule has 0 aliphatic heterocycles. The molecule has 2 rings (SSSR count). The van der Waals surface area contributed by atoms with Crippen LogP contribution in [0.25, 0.3) is 0 Å². The lowest BCUT2D eigenvalue weighted by atomic mass is 9.99. The van der Waals surface area contributed by atoms with Crippen LogP contribution in [-0.2, 0) is 0 Å². The zero-order valence-electron chi connectivity index (χ0n) is 12.0. The molecule has 0 aliphatic rings. The maximum Gasteiger partial charge on any atom is 0.339 e. The summed E-state index contributed by atoms with van der Waals surface area (Å²) in [5.74, 6) is 0.308. The Morgan fingerprint density at radius 1 is 1.24 bits per heavy atom. The minimum Gasteiger partial charge on any atom is -0.478 e. The van der Waals surface area contributed by atoms with E-state index in [1.54, 1.807) is 12.1 Å². The predicted octanol–water partition coefficient (Wildman–Crippen LogP) is 5.34. The Labute approximate surface area is 129 Å². The van der Waals surface area contributed by atoms with E-state index >= 15 is 0 Å². The number of rotatable bonds is 5. The first-order valence-corrected chi connectivity index (χ1v) is 7.19. The summed E-state index contributed by atoms with van der Waals surface area (Å²) in [6.45, 7) is 4.31. The lowest BCUT2D eigenvalue weighted by molar-refractivity contribution is 0.0694. The summed E-state index contributed by atoms with van der Waals surface area (Å²) < 4.78 is 5.65. The Morgan fingerprint density at radius 2 is 1.90 bits per heavy atom. The third kappa shape index (κ3) is 3.76. The molecule has 21 heavy (non-hydrogen) atoms. The number of carboxylic acid groups (broad SMARTS) is 1. The second-order valence-corrected chi connectivity index (χ2v) is 5.36. The maximum atomic E-state index is 11.2. The molecule has 0 aliphatic carbocycles. The van der Waals surface area contributed by atoms with Crippen molar-refractivity contribution in [2.45, 2.75) is 26.2 Å². The molecule has 2 aromatic carbocycles. The number of carboxylic acids is 1. The van der Waals surface area contributed by atoms with Gasteiger partial charge in [0.25, 0.3) is 0 Å².